The molecule has 2 amide bonds. The molecule has 2 heterocycles. The molecule has 1 saturated heterocycles. The van der Waals surface area contributed by atoms with Crippen LogP contribution in [0.15, 0.2) is 77.6 Å². The summed E-state index contributed by atoms with van der Waals surface area (Å²) in [6.07, 6.45) is 1.15. The van der Waals surface area contributed by atoms with Crippen molar-refractivity contribution in [3.8, 4) is 0 Å². The molecule has 1 N–H and O–H groups in total. The van der Waals surface area contributed by atoms with E-state index in [-0.39, 0.29) is 24.0 Å². The number of hydrogen-bond donors (Lipinski definition) is 1. The Balaban J connectivity index is 1.35. The standard InChI is InChI=1S/C23H19FN2O5S/c24-17-11-16(22(28)26-20(17)25-21(27)14-7-3-1-4-8-14)18-12-30-19(32-18)13-31-23(29)15-9-5-2-6-10-15/h1-11,16,18-19H,12-13H2,(H,25,26,27,28)/t16?,18-,19-/m1/s1. The summed E-state index contributed by atoms with van der Waals surface area (Å²) in [6.45, 7) is 0.198. The Bertz CT molecular complexity index is 1070. The minimum Gasteiger partial charge on any atom is -0.458 e. The first kappa shape index (κ1) is 21.9. The van der Waals surface area contributed by atoms with E-state index in [9.17, 15) is 18.8 Å². The Labute approximate surface area is 187 Å². The molecular weight excluding hydrogens is 435 g/mol. The number of nitrogens with one attached hydrogen (secondary N) is 1. The minimum atomic E-state index is -0.805. The molecule has 0 spiro atoms. The van der Waals surface area contributed by atoms with Crippen LogP contribution in [-0.4, -0.2) is 47.5 Å². The second-order valence-electron chi connectivity index (χ2n) is 7.06. The number of aliphatic imine (C=N–C) groups is 1. The molecule has 2 aromatic carbocycles. The van der Waals surface area contributed by atoms with Crippen LogP contribution in [0.1, 0.15) is 20.7 Å². The molecule has 32 heavy (non-hydrogen) atoms. The van der Waals surface area contributed by atoms with Gasteiger partial charge in [0.15, 0.2) is 11.7 Å². The Kier molecular flexibility index (Phi) is 6.77. The van der Waals surface area contributed by atoms with Crippen molar-refractivity contribution in [3.63, 3.8) is 0 Å². The fourth-order valence-corrected chi connectivity index (χ4v) is 4.45. The zero-order chi connectivity index (χ0) is 22.5. The quantitative estimate of drug-likeness (QED) is 0.698. The Hall–Kier alpha value is -3.30. The number of ether oxygens (including phenoxy) is 2. The highest BCUT2D eigenvalue weighted by Gasteiger charge is 2.39. The van der Waals surface area contributed by atoms with E-state index in [1.54, 1.807) is 60.7 Å². The van der Waals surface area contributed by atoms with Gasteiger partial charge in [-0.2, -0.15) is 4.99 Å². The predicted octanol–water partition coefficient (Wildman–Crippen LogP) is 3.14. The average molecular weight is 454 g/mol. The van der Waals surface area contributed by atoms with E-state index < -0.39 is 40.8 Å². The summed E-state index contributed by atoms with van der Waals surface area (Å²) in [6, 6.07) is 16.8. The summed E-state index contributed by atoms with van der Waals surface area (Å²) in [5, 5.41) is 2.01. The molecule has 0 aliphatic carbocycles. The van der Waals surface area contributed by atoms with E-state index >= 15 is 0 Å². The second kappa shape index (κ2) is 9.88. The molecule has 0 aromatic heterocycles. The molecule has 9 heteroatoms. The fourth-order valence-electron chi connectivity index (χ4n) is 3.23. The van der Waals surface area contributed by atoms with Crippen LogP contribution in [0.25, 0.3) is 0 Å². The van der Waals surface area contributed by atoms with Crippen LogP contribution in [0.4, 0.5) is 4.39 Å². The maximum atomic E-state index is 14.6. The van der Waals surface area contributed by atoms with Crippen LogP contribution in [0, 0.1) is 5.92 Å². The maximum absolute atomic E-state index is 14.6. The Morgan fingerprint density at radius 3 is 2.44 bits per heavy atom. The summed E-state index contributed by atoms with van der Waals surface area (Å²) in [4.78, 5) is 40.5. The lowest BCUT2D eigenvalue weighted by Gasteiger charge is -2.22. The number of amidine groups is 1. The van der Waals surface area contributed by atoms with Gasteiger partial charge in [-0.3, -0.25) is 9.59 Å². The molecule has 1 unspecified atom stereocenters. The highest BCUT2D eigenvalue weighted by molar-refractivity contribution is 8.00. The third-order valence-corrected chi connectivity index (χ3v) is 6.22. The van der Waals surface area contributed by atoms with Crippen LogP contribution in [0.3, 0.4) is 0 Å². The maximum Gasteiger partial charge on any atom is 0.338 e. The number of carbonyl (C=O) groups excluding carboxylic acids is 3. The van der Waals surface area contributed by atoms with Crippen molar-refractivity contribution >= 4 is 35.4 Å². The highest BCUT2D eigenvalue weighted by atomic mass is 32.2. The monoisotopic (exact) mass is 454 g/mol. The van der Waals surface area contributed by atoms with Crippen LogP contribution in [-0.2, 0) is 14.3 Å². The summed E-state index contributed by atoms with van der Waals surface area (Å²) in [5.41, 5.74) is 0.254. The highest BCUT2D eigenvalue weighted by Crippen LogP contribution is 2.35. The number of halogens is 1. The van der Waals surface area contributed by atoms with Crippen molar-refractivity contribution in [3.05, 3.63) is 83.7 Å². The van der Waals surface area contributed by atoms with Crippen LogP contribution in [0.5, 0.6) is 0 Å². The van der Waals surface area contributed by atoms with Gasteiger partial charge in [-0.15, -0.1) is 11.8 Å². The lowest BCUT2D eigenvalue weighted by Crippen LogP contribution is -2.43. The Morgan fingerprint density at radius 2 is 1.75 bits per heavy atom. The number of nitrogens with zero attached hydrogens (tertiary/aromatic N) is 1. The first-order valence-electron chi connectivity index (χ1n) is 9.87. The molecule has 164 valence electrons. The third kappa shape index (κ3) is 5.12. The normalized spacial score (nSPS) is 24.0. The van der Waals surface area contributed by atoms with Crippen molar-refractivity contribution in [2.45, 2.75) is 10.7 Å². The van der Waals surface area contributed by atoms with Crippen molar-refractivity contribution in [1.29, 1.82) is 0 Å². The molecule has 2 aliphatic heterocycles. The first-order valence-corrected chi connectivity index (χ1v) is 10.8. The van der Waals surface area contributed by atoms with Gasteiger partial charge >= 0.3 is 5.97 Å². The number of benzene rings is 2. The number of thioether (sulfide) groups is 1. The average Bonchev–Trinajstić information content (AvgIpc) is 3.29. The number of amides is 2. The molecule has 4 rings (SSSR count). The first-order chi connectivity index (χ1) is 15.5. The SMILES string of the molecule is O=C(N=C1NC(=O)C([C@H]2CO[C@@H](COC(=O)c3ccccc3)S2)C=C1F)c1ccccc1. The molecule has 1 fully saturated rings. The predicted molar refractivity (Wildman–Crippen MR) is 117 cm³/mol. The fraction of sp³-hybridized carbons (Fsp3) is 0.217. The van der Waals surface area contributed by atoms with Gasteiger partial charge in [-0.25, -0.2) is 9.18 Å². The van der Waals surface area contributed by atoms with E-state index in [1.807, 2.05) is 0 Å². The van der Waals surface area contributed by atoms with Gasteiger partial charge in [0.1, 0.15) is 12.0 Å². The van der Waals surface area contributed by atoms with Crippen LogP contribution in [0.2, 0.25) is 0 Å². The molecule has 0 saturated carbocycles. The van der Waals surface area contributed by atoms with E-state index in [2.05, 4.69) is 10.3 Å². The molecule has 3 atom stereocenters. The molecule has 7 nitrogen and oxygen atoms in total. The number of esters is 1. The zero-order valence-electron chi connectivity index (χ0n) is 16.8. The van der Waals surface area contributed by atoms with E-state index in [4.69, 9.17) is 9.47 Å². The van der Waals surface area contributed by atoms with Gasteiger partial charge in [0.05, 0.1) is 18.1 Å². The number of rotatable bonds is 5. The molecule has 0 radical (unpaired) electrons. The second-order valence-corrected chi connectivity index (χ2v) is 8.47. The van der Waals surface area contributed by atoms with E-state index in [1.165, 1.54) is 11.8 Å². The van der Waals surface area contributed by atoms with Gasteiger partial charge < -0.3 is 14.8 Å². The molecule has 2 aliphatic rings. The van der Waals surface area contributed by atoms with Gasteiger partial charge in [-0.05, 0) is 30.3 Å². The summed E-state index contributed by atoms with van der Waals surface area (Å²) in [7, 11) is 0. The van der Waals surface area contributed by atoms with Gasteiger partial charge in [0.2, 0.25) is 5.91 Å². The Morgan fingerprint density at radius 1 is 1.09 bits per heavy atom. The number of carbonyl (C=O) groups is 3. The largest absolute Gasteiger partial charge is 0.458 e. The molecule has 2 aromatic rings. The van der Waals surface area contributed by atoms with Crippen LogP contribution >= 0.6 is 11.8 Å². The number of hydrogen-bond acceptors (Lipinski definition) is 6. The van der Waals surface area contributed by atoms with Gasteiger partial charge in [0, 0.05) is 10.8 Å². The molecule has 0 bridgehead atoms. The summed E-state index contributed by atoms with van der Waals surface area (Å²) >= 11 is 1.29. The lowest BCUT2D eigenvalue weighted by atomic mass is 10.0. The van der Waals surface area contributed by atoms with Crippen molar-refractivity contribution < 1.29 is 28.2 Å². The van der Waals surface area contributed by atoms with Crippen molar-refractivity contribution in [1.82, 2.24) is 5.32 Å². The third-order valence-electron chi connectivity index (χ3n) is 4.86. The summed E-state index contributed by atoms with van der Waals surface area (Å²) < 4.78 is 25.5. The zero-order valence-corrected chi connectivity index (χ0v) is 17.6. The minimum absolute atomic E-state index is 0.00765. The van der Waals surface area contributed by atoms with E-state index in [0.29, 0.717) is 5.56 Å². The smallest absolute Gasteiger partial charge is 0.338 e. The molecular formula is C23H19FN2O5S. The topological polar surface area (TPSA) is 94.1 Å². The van der Waals surface area contributed by atoms with Crippen LogP contribution < -0.4 is 5.32 Å². The van der Waals surface area contributed by atoms with Crippen molar-refractivity contribution in [2.75, 3.05) is 13.2 Å². The lowest BCUT2D eigenvalue weighted by molar-refractivity contribution is -0.122. The summed E-state index contributed by atoms with van der Waals surface area (Å²) in [5.74, 6) is -3.59. The van der Waals surface area contributed by atoms with Gasteiger partial charge in [-0.1, -0.05) is 36.4 Å². The van der Waals surface area contributed by atoms with Crippen molar-refractivity contribution in [2.24, 2.45) is 10.9 Å². The van der Waals surface area contributed by atoms with E-state index in [0.717, 1.165) is 6.08 Å². The van der Waals surface area contributed by atoms with Gasteiger partial charge in [0.25, 0.3) is 5.91 Å².